The number of rotatable bonds is 0. The van der Waals surface area contributed by atoms with Crippen molar-refractivity contribution in [3.05, 3.63) is 71.8 Å². The van der Waals surface area contributed by atoms with Crippen molar-refractivity contribution >= 4 is 0 Å². The summed E-state index contributed by atoms with van der Waals surface area (Å²) in [5.74, 6) is 0. The van der Waals surface area contributed by atoms with Gasteiger partial charge in [0.05, 0.1) is 0 Å². The first-order valence-electron chi connectivity index (χ1n) is 6.74. The predicted octanol–water partition coefficient (Wildman–Crippen LogP) is 3.74. The molecule has 0 fully saturated rings. The molecule has 0 spiro atoms. The van der Waals surface area contributed by atoms with Crippen LogP contribution in [0.2, 0.25) is 0 Å². The zero-order valence-corrected chi connectivity index (χ0v) is 13.8. The van der Waals surface area contributed by atoms with Gasteiger partial charge in [0.25, 0.3) is 0 Å². The van der Waals surface area contributed by atoms with Gasteiger partial charge in [-0.3, -0.25) is 0 Å². The maximum Gasteiger partial charge on any atom is -0.0140 e. The van der Waals surface area contributed by atoms with E-state index in [1.165, 1.54) is 18.2 Å². The summed E-state index contributed by atoms with van der Waals surface area (Å²) in [5, 5.41) is 0. The number of benzene rings is 2. The van der Waals surface area contributed by atoms with Crippen LogP contribution in [0, 0.1) is 13.8 Å². The molecule has 0 saturated heterocycles. The molecule has 2 aromatic rings. The molecule has 0 aliphatic carbocycles. The molecule has 0 amide bonds. The molecule has 0 atom stereocenters. The molecule has 20 heavy (non-hydrogen) atoms. The van der Waals surface area contributed by atoms with E-state index in [-0.39, 0.29) is 0 Å². The minimum atomic E-state index is 1.32. The Hall–Kier alpha value is -1.64. The minimum Gasteiger partial charge on any atom is -0.333 e. The summed E-state index contributed by atoms with van der Waals surface area (Å²) >= 11 is 0. The Balaban J connectivity index is 0. The number of aryl methyl sites for hydroxylation is 2. The van der Waals surface area contributed by atoms with Crippen LogP contribution >= 0.6 is 0 Å². The van der Waals surface area contributed by atoms with Crippen molar-refractivity contribution in [2.75, 3.05) is 28.2 Å². The molecular weight excluding hydrogens is 244 g/mol. The van der Waals surface area contributed by atoms with Crippen molar-refractivity contribution in [2.45, 2.75) is 13.8 Å². The van der Waals surface area contributed by atoms with Gasteiger partial charge in [-0.05, 0) is 42.0 Å². The Kier molecular flexibility index (Phi) is 15.9. The Morgan fingerprint density at radius 2 is 0.800 bits per heavy atom. The Morgan fingerprint density at radius 3 is 0.900 bits per heavy atom. The highest BCUT2D eigenvalue weighted by Gasteiger charge is 1.72. The van der Waals surface area contributed by atoms with Gasteiger partial charge in [0.1, 0.15) is 0 Å². The van der Waals surface area contributed by atoms with Crippen molar-refractivity contribution in [1.29, 1.82) is 0 Å². The lowest BCUT2D eigenvalue weighted by atomic mass is 10.2. The molecule has 2 nitrogen and oxygen atoms in total. The van der Waals surface area contributed by atoms with Crippen LogP contribution in [0.3, 0.4) is 0 Å². The van der Waals surface area contributed by atoms with E-state index >= 15 is 0 Å². The van der Waals surface area contributed by atoms with Gasteiger partial charge in [0.15, 0.2) is 0 Å². The smallest absolute Gasteiger partial charge is 0.0140 e. The monoisotopic (exact) mass is 274 g/mol. The highest BCUT2D eigenvalue weighted by Crippen LogP contribution is 1.92. The molecule has 0 heterocycles. The Bertz CT molecular complexity index is 342. The van der Waals surface area contributed by atoms with E-state index in [0.29, 0.717) is 0 Å². The first-order valence-corrected chi connectivity index (χ1v) is 6.74. The fourth-order valence-corrected chi connectivity index (χ4v) is 1.07. The van der Waals surface area contributed by atoms with Crippen LogP contribution in [-0.2, 0) is 0 Å². The van der Waals surface area contributed by atoms with E-state index in [1.807, 2.05) is 62.4 Å². The highest BCUT2D eigenvalue weighted by atomic mass is 15.0. The number of hydrogen-bond donors (Lipinski definition) is 1. The van der Waals surface area contributed by atoms with E-state index in [4.69, 9.17) is 0 Å². The van der Waals surface area contributed by atoms with Crippen LogP contribution in [0.15, 0.2) is 60.7 Å². The van der Waals surface area contributed by atoms with Gasteiger partial charge < -0.3 is 10.6 Å². The fourth-order valence-electron chi connectivity index (χ4n) is 1.07. The second kappa shape index (κ2) is 15.4. The van der Waals surface area contributed by atoms with Crippen LogP contribution < -0.4 is 5.73 Å². The lowest BCUT2D eigenvalue weighted by molar-refractivity contribution is 0.505. The molecule has 0 bridgehead atoms. The van der Waals surface area contributed by atoms with Gasteiger partial charge in [0.2, 0.25) is 0 Å². The van der Waals surface area contributed by atoms with E-state index in [0.717, 1.165) is 0 Å². The first kappa shape index (κ1) is 20.7. The summed E-state index contributed by atoms with van der Waals surface area (Å²) in [4.78, 5) is 2.00. The molecule has 0 aliphatic rings. The summed E-state index contributed by atoms with van der Waals surface area (Å²) in [6.45, 7) is 4.17. The van der Waals surface area contributed by atoms with Crippen LogP contribution in [0.5, 0.6) is 0 Å². The second-order valence-corrected chi connectivity index (χ2v) is 4.65. The van der Waals surface area contributed by atoms with Gasteiger partial charge in [-0.25, -0.2) is 0 Å². The molecular formula is C18H30N2. The average Bonchev–Trinajstić information content (AvgIpc) is 2.43. The fraction of sp³-hybridized carbons (Fsp3) is 0.333. The van der Waals surface area contributed by atoms with Gasteiger partial charge >= 0.3 is 0 Å². The molecule has 0 radical (unpaired) electrons. The Labute approximate surface area is 125 Å². The van der Waals surface area contributed by atoms with Crippen LogP contribution in [0.1, 0.15) is 11.1 Å². The van der Waals surface area contributed by atoms with Gasteiger partial charge in [-0.15, -0.1) is 0 Å². The van der Waals surface area contributed by atoms with Crippen LogP contribution in [-0.4, -0.2) is 33.1 Å². The third-order valence-electron chi connectivity index (χ3n) is 1.88. The maximum atomic E-state index is 4.50. The summed E-state index contributed by atoms with van der Waals surface area (Å²) in [7, 11) is 7.50. The average molecular weight is 274 g/mol. The van der Waals surface area contributed by atoms with Crippen molar-refractivity contribution < 1.29 is 0 Å². The second-order valence-electron chi connectivity index (χ2n) is 4.65. The van der Waals surface area contributed by atoms with Crippen LogP contribution in [0.4, 0.5) is 0 Å². The van der Waals surface area contributed by atoms with Gasteiger partial charge in [-0.1, -0.05) is 71.8 Å². The molecule has 0 saturated carbocycles. The van der Waals surface area contributed by atoms with Crippen molar-refractivity contribution in [1.82, 2.24) is 4.90 Å². The third kappa shape index (κ3) is 18.7. The summed E-state index contributed by atoms with van der Waals surface area (Å²) in [6, 6.07) is 20.5. The molecule has 2 aromatic carbocycles. The van der Waals surface area contributed by atoms with Crippen molar-refractivity contribution in [3.8, 4) is 0 Å². The van der Waals surface area contributed by atoms with E-state index in [9.17, 15) is 0 Å². The molecule has 0 unspecified atom stereocenters. The summed E-state index contributed by atoms with van der Waals surface area (Å²) in [6.07, 6.45) is 0. The third-order valence-corrected chi connectivity index (χ3v) is 1.88. The molecule has 2 heteroatoms. The largest absolute Gasteiger partial charge is 0.333 e. The van der Waals surface area contributed by atoms with E-state index in [2.05, 4.69) is 43.8 Å². The van der Waals surface area contributed by atoms with E-state index < -0.39 is 0 Å². The Morgan fingerprint density at radius 1 is 0.600 bits per heavy atom. The molecule has 0 aromatic heterocycles. The number of nitrogens with two attached hydrogens (primary N) is 1. The zero-order chi connectivity index (χ0) is 15.8. The van der Waals surface area contributed by atoms with Gasteiger partial charge in [-0.2, -0.15) is 0 Å². The quantitative estimate of drug-likeness (QED) is 0.793. The topological polar surface area (TPSA) is 29.3 Å². The van der Waals surface area contributed by atoms with Crippen LogP contribution in [0.25, 0.3) is 0 Å². The van der Waals surface area contributed by atoms with Crippen molar-refractivity contribution in [3.63, 3.8) is 0 Å². The molecule has 112 valence electrons. The molecule has 2 N–H and O–H groups in total. The summed E-state index contributed by atoms with van der Waals surface area (Å²) in [5.41, 5.74) is 7.14. The molecule has 0 aliphatic heterocycles. The zero-order valence-electron chi connectivity index (χ0n) is 13.8. The maximum absolute atomic E-state index is 4.50. The lowest BCUT2D eigenvalue weighted by Crippen LogP contribution is -1.99. The summed E-state index contributed by atoms with van der Waals surface area (Å²) < 4.78 is 0. The standard InChI is InChI=1S/2C7H8.C3H9N.CH5N/c2*1-7-5-3-2-4-6-7;1-4(2)3;1-2/h2*2-6H,1H3;1-3H3;2H2,1H3. The van der Waals surface area contributed by atoms with Crippen molar-refractivity contribution in [2.24, 2.45) is 5.73 Å². The first-order chi connectivity index (χ1) is 9.52. The SMILES string of the molecule is CN.CN(C)C.Cc1ccccc1.Cc1ccccc1. The van der Waals surface area contributed by atoms with Gasteiger partial charge in [0, 0.05) is 0 Å². The normalized spacial score (nSPS) is 8.20. The minimum absolute atomic E-state index is 1.32. The van der Waals surface area contributed by atoms with E-state index in [1.54, 1.807) is 0 Å². The lowest BCUT2D eigenvalue weighted by Gasteiger charge is -1.90. The predicted molar refractivity (Wildman–Crippen MR) is 92.1 cm³/mol. The number of hydrogen-bond acceptors (Lipinski definition) is 2. The molecule has 2 rings (SSSR count). The highest BCUT2D eigenvalue weighted by molar-refractivity contribution is 5.12. The number of nitrogens with zero attached hydrogens (tertiary/aromatic N) is 1.